The van der Waals surface area contributed by atoms with Crippen molar-refractivity contribution in [3.63, 3.8) is 0 Å². The van der Waals surface area contributed by atoms with E-state index in [4.69, 9.17) is 4.74 Å². The van der Waals surface area contributed by atoms with Crippen LogP contribution in [0.3, 0.4) is 0 Å². The third-order valence-electron chi connectivity index (χ3n) is 5.60. The normalized spacial score (nSPS) is 19.3. The molecule has 1 atom stereocenters. The summed E-state index contributed by atoms with van der Waals surface area (Å²) in [6.45, 7) is 17.5. The van der Waals surface area contributed by atoms with Crippen LogP contribution in [0.4, 0.5) is 0 Å². The SMILES string of the molecule is CCC(CN1CCN(C(=O)C(C)(C)CC)CC1)C(C)(C)OC. The van der Waals surface area contributed by atoms with Crippen LogP contribution >= 0.6 is 0 Å². The van der Waals surface area contributed by atoms with Crippen LogP contribution < -0.4 is 0 Å². The second kappa shape index (κ2) is 7.78. The molecule has 1 aliphatic heterocycles. The molecule has 1 heterocycles. The van der Waals surface area contributed by atoms with E-state index < -0.39 is 0 Å². The van der Waals surface area contributed by atoms with Gasteiger partial charge in [0.15, 0.2) is 0 Å². The van der Waals surface area contributed by atoms with Crippen molar-refractivity contribution in [3.05, 3.63) is 0 Å². The summed E-state index contributed by atoms with van der Waals surface area (Å²) < 4.78 is 5.66. The topological polar surface area (TPSA) is 32.8 Å². The lowest BCUT2D eigenvalue weighted by Gasteiger charge is -2.41. The summed E-state index contributed by atoms with van der Waals surface area (Å²) in [7, 11) is 1.80. The van der Waals surface area contributed by atoms with Gasteiger partial charge in [-0.3, -0.25) is 9.69 Å². The summed E-state index contributed by atoms with van der Waals surface area (Å²) in [5.41, 5.74) is -0.321. The lowest BCUT2D eigenvalue weighted by molar-refractivity contribution is -0.142. The molecule has 4 nitrogen and oxygen atoms in total. The Morgan fingerprint density at radius 1 is 1.09 bits per heavy atom. The molecule has 4 heteroatoms. The number of amides is 1. The molecule has 0 aromatic carbocycles. The zero-order valence-corrected chi connectivity index (χ0v) is 15.7. The Balaban J connectivity index is 2.54. The van der Waals surface area contributed by atoms with E-state index in [1.165, 1.54) is 0 Å². The molecule has 0 bridgehead atoms. The molecule has 1 saturated heterocycles. The highest BCUT2D eigenvalue weighted by atomic mass is 16.5. The molecule has 1 rings (SSSR count). The first-order chi connectivity index (χ1) is 10.2. The Morgan fingerprint density at radius 3 is 2.05 bits per heavy atom. The molecule has 1 amide bonds. The summed E-state index contributed by atoms with van der Waals surface area (Å²) in [5.74, 6) is 0.825. The molecule has 130 valence electrons. The van der Waals surface area contributed by atoms with Crippen LogP contribution in [0.5, 0.6) is 0 Å². The summed E-state index contributed by atoms with van der Waals surface area (Å²) in [4.78, 5) is 17.1. The average Bonchev–Trinajstić information content (AvgIpc) is 2.52. The van der Waals surface area contributed by atoms with E-state index in [1.807, 2.05) is 4.90 Å². The van der Waals surface area contributed by atoms with Gasteiger partial charge in [-0.15, -0.1) is 0 Å². The molecule has 1 unspecified atom stereocenters. The first-order valence-electron chi connectivity index (χ1n) is 8.74. The molecule has 0 aliphatic carbocycles. The standard InChI is InChI=1S/C18H36N2O2/c1-8-15(18(5,6)22-7)14-19-10-12-20(13-11-19)16(21)17(3,4)9-2/h15H,8-14H2,1-7H3. The highest BCUT2D eigenvalue weighted by Crippen LogP contribution is 2.26. The van der Waals surface area contributed by atoms with Crippen molar-refractivity contribution in [2.45, 2.75) is 60.0 Å². The first-order valence-corrected chi connectivity index (χ1v) is 8.74. The fourth-order valence-corrected chi connectivity index (χ4v) is 3.03. The Morgan fingerprint density at radius 2 is 1.64 bits per heavy atom. The lowest BCUT2D eigenvalue weighted by Crippen LogP contribution is -2.54. The molecule has 0 aromatic heterocycles. The van der Waals surface area contributed by atoms with Gasteiger partial charge in [0, 0.05) is 45.2 Å². The first kappa shape index (κ1) is 19.4. The van der Waals surface area contributed by atoms with Crippen LogP contribution in [0.25, 0.3) is 0 Å². The van der Waals surface area contributed by atoms with Crippen LogP contribution in [-0.2, 0) is 9.53 Å². The smallest absolute Gasteiger partial charge is 0.228 e. The second-order valence-corrected chi connectivity index (χ2v) is 7.74. The van der Waals surface area contributed by atoms with Gasteiger partial charge in [0.2, 0.25) is 5.91 Å². The van der Waals surface area contributed by atoms with Gasteiger partial charge in [-0.2, -0.15) is 0 Å². The van der Waals surface area contributed by atoms with E-state index in [0.29, 0.717) is 11.8 Å². The monoisotopic (exact) mass is 312 g/mol. The summed E-state index contributed by atoms with van der Waals surface area (Å²) in [6.07, 6.45) is 2.01. The van der Waals surface area contributed by atoms with Crippen LogP contribution in [0, 0.1) is 11.3 Å². The lowest BCUT2D eigenvalue weighted by atomic mass is 9.87. The third-order valence-corrected chi connectivity index (χ3v) is 5.60. The van der Waals surface area contributed by atoms with E-state index in [9.17, 15) is 4.79 Å². The Bertz CT molecular complexity index is 358. The number of hydrogen-bond donors (Lipinski definition) is 0. The third kappa shape index (κ3) is 4.69. The molecule has 0 spiro atoms. The van der Waals surface area contributed by atoms with Gasteiger partial charge in [-0.1, -0.05) is 27.7 Å². The number of carbonyl (C=O) groups excluding carboxylic acids is 1. The molecular formula is C18H36N2O2. The number of nitrogens with zero attached hydrogens (tertiary/aromatic N) is 2. The van der Waals surface area contributed by atoms with Crippen LogP contribution in [0.2, 0.25) is 0 Å². The Labute approximate surface area is 137 Å². The maximum Gasteiger partial charge on any atom is 0.228 e. The van der Waals surface area contributed by atoms with Crippen molar-refractivity contribution < 1.29 is 9.53 Å². The molecule has 0 saturated carbocycles. The van der Waals surface area contributed by atoms with E-state index >= 15 is 0 Å². The minimum atomic E-state index is -0.230. The predicted molar refractivity (Wildman–Crippen MR) is 92.0 cm³/mol. The zero-order chi connectivity index (χ0) is 17.0. The van der Waals surface area contributed by atoms with Crippen molar-refractivity contribution in [2.24, 2.45) is 11.3 Å². The summed E-state index contributed by atoms with van der Waals surface area (Å²) in [6, 6.07) is 0. The molecule has 0 aromatic rings. The van der Waals surface area contributed by atoms with E-state index in [0.717, 1.165) is 45.6 Å². The second-order valence-electron chi connectivity index (χ2n) is 7.74. The number of ether oxygens (including phenoxy) is 1. The number of carbonyl (C=O) groups is 1. The maximum absolute atomic E-state index is 12.5. The molecule has 1 fully saturated rings. The van der Waals surface area contributed by atoms with Gasteiger partial charge < -0.3 is 9.64 Å². The van der Waals surface area contributed by atoms with Crippen LogP contribution in [0.15, 0.2) is 0 Å². The van der Waals surface area contributed by atoms with Crippen molar-refractivity contribution in [2.75, 3.05) is 39.8 Å². The Kier molecular flexibility index (Phi) is 6.87. The van der Waals surface area contributed by atoms with Crippen molar-refractivity contribution in [1.82, 2.24) is 9.80 Å². The Hall–Kier alpha value is -0.610. The van der Waals surface area contributed by atoms with Gasteiger partial charge in [0.25, 0.3) is 0 Å². The number of rotatable bonds is 7. The molecule has 1 aliphatic rings. The highest BCUT2D eigenvalue weighted by Gasteiger charge is 2.34. The van der Waals surface area contributed by atoms with Crippen molar-refractivity contribution in [3.8, 4) is 0 Å². The van der Waals surface area contributed by atoms with Gasteiger partial charge >= 0.3 is 0 Å². The van der Waals surface area contributed by atoms with Crippen LogP contribution in [-0.4, -0.2) is 61.1 Å². The van der Waals surface area contributed by atoms with Gasteiger partial charge in [-0.05, 0) is 32.6 Å². The predicted octanol–water partition coefficient (Wildman–Crippen LogP) is 3.02. The maximum atomic E-state index is 12.5. The fourth-order valence-electron chi connectivity index (χ4n) is 3.03. The minimum Gasteiger partial charge on any atom is -0.378 e. The number of methoxy groups -OCH3 is 1. The molecule has 0 N–H and O–H groups in total. The summed E-state index contributed by atoms with van der Waals surface area (Å²) in [5, 5.41) is 0. The largest absolute Gasteiger partial charge is 0.378 e. The fraction of sp³-hybridized carbons (Fsp3) is 0.944. The highest BCUT2D eigenvalue weighted by molar-refractivity contribution is 5.82. The van der Waals surface area contributed by atoms with E-state index in [-0.39, 0.29) is 11.0 Å². The van der Waals surface area contributed by atoms with Crippen molar-refractivity contribution in [1.29, 1.82) is 0 Å². The molecular weight excluding hydrogens is 276 g/mol. The minimum absolute atomic E-state index is 0.0914. The zero-order valence-electron chi connectivity index (χ0n) is 15.7. The van der Waals surface area contributed by atoms with Gasteiger partial charge in [0.05, 0.1) is 5.60 Å². The average molecular weight is 312 g/mol. The van der Waals surface area contributed by atoms with Gasteiger partial charge in [0.1, 0.15) is 0 Å². The number of hydrogen-bond acceptors (Lipinski definition) is 3. The van der Waals surface area contributed by atoms with E-state index in [2.05, 4.69) is 46.4 Å². The quantitative estimate of drug-likeness (QED) is 0.724. The molecule has 22 heavy (non-hydrogen) atoms. The molecule has 0 radical (unpaired) electrons. The van der Waals surface area contributed by atoms with Crippen LogP contribution in [0.1, 0.15) is 54.4 Å². The summed E-state index contributed by atoms with van der Waals surface area (Å²) >= 11 is 0. The van der Waals surface area contributed by atoms with Crippen molar-refractivity contribution >= 4 is 5.91 Å². The van der Waals surface area contributed by atoms with E-state index in [1.54, 1.807) is 7.11 Å². The number of piperazine rings is 1. The van der Waals surface area contributed by atoms with Gasteiger partial charge in [-0.25, -0.2) is 0 Å².